The molecule has 104 valence electrons. The molecule has 0 fully saturated rings. The van der Waals surface area contributed by atoms with Gasteiger partial charge in [-0.1, -0.05) is 36.4 Å². The van der Waals surface area contributed by atoms with Gasteiger partial charge in [-0.3, -0.25) is 4.90 Å². The van der Waals surface area contributed by atoms with Crippen LogP contribution < -0.4 is 0 Å². The van der Waals surface area contributed by atoms with Crippen LogP contribution in [0, 0.1) is 0 Å². The lowest BCUT2D eigenvalue weighted by Crippen LogP contribution is -2.31. The van der Waals surface area contributed by atoms with Crippen LogP contribution in [0.25, 0.3) is 0 Å². The minimum Gasteiger partial charge on any atom is -0.508 e. The van der Waals surface area contributed by atoms with E-state index in [-0.39, 0.29) is 0 Å². The molecule has 0 spiro atoms. The summed E-state index contributed by atoms with van der Waals surface area (Å²) in [4.78, 5) is 2.54. The van der Waals surface area contributed by atoms with Crippen molar-refractivity contribution in [3.63, 3.8) is 0 Å². The van der Waals surface area contributed by atoms with E-state index in [1.54, 1.807) is 12.1 Å². The first kappa shape index (κ1) is 13.2. The Kier molecular flexibility index (Phi) is 4.03. The lowest BCUT2D eigenvalue weighted by atomic mass is 9.99. The van der Waals surface area contributed by atoms with Gasteiger partial charge in [-0.2, -0.15) is 0 Å². The predicted octanol–water partition coefficient (Wildman–Crippen LogP) is 3.38. The van der Waals surface area contributed by atoms with Crippen LogP contribution in [0.3, 0.4) is 0 Å². The normalized spacial score (nSPS) is 15.0. The van der Waals surface area contributed by atoms with Crippen molar-refractivity contribution in [1.29, 1.82) is 0 Å². The van der Waals surface area contributed by atoms with Gasteiger partial charge in [0.1, 0.15) is 5.75 Å². The second-order valence-electron chi connectivity index (χ2n) is 5.56. The van der Waals surface area contributed by atoms with Crippen LogP contribution in [0.4, 0.5) is 0 Å². The van der Waals surface area contributed by atoms with Crippen molar-refractivity contribution in [1.82, 2.24) is 4.90 Å². The van der Waals surface area contributed by atoms with Gasteiger partial charge < -0.3 is 5.11 Å². The average Bonchev–Trinajstić information content (AvgIpc) is 2.49. The van der Waals surface area contributed by atoms with Crippen LogP contribution in [0.15, 0.2) is 48.5 Å². The first-order chi connectivity index (χ1) is 9.81. The summed E-state index contributed by atoms with van der Waals surface area (Å²) in [6.07, 6.45) is 3.43. The Morgan fingerprint density at radius 1 is 0.950 bits per heavy atom. The second-order valence-corrected chi connectivity index (χ2v) is 5.56. The van der Waals surface area contributed by atoms with Crippen molar-refractivity contribution in [3.8, 4) is 5.75 Å². The highest BCUT2D eigenvalue weighted by atomic mass is 16.3. The minimum absolute atomic E-state index is 0.349. The Hall–Kier alpha value is -1.80. The number of rotatable bonds is 4. The molecule has 1 N–H and O–H groups in total. The summed E-state index contributed by atoms with van der Waals surface area (Å²) in [5.74, 6) is 0.349. The van der Waals surface area contributed by atoms with Gasteiger partial charge in [-0.15, -0.1) is 0 Å². The third kappa shape index (κ3) is 3.20. The van der Waals surface area contributed by atoms with E-state index in [0.717, 1.165) is 19.5 Å². The first-order valence-electron chi connectivity index (χ1n) is 7.38. The van der Waals surface area contributed by atoms with E-state index >= 15 is 0 Å². The molecular weight excluding hydrogens is 246 g/mol. The van der Waals surface area contributed by atoms with E-state index in [0.29, 0.717) is 5.75 Å². The average molecular weight is 267 g/mol. The van der Waals surface area contributed by atoms with E-state index in [1.165, 1.54) is 36.1 Å². The van der Waals surface area contributed by atoms with Gasteiger partial charge in [-0.05, 0) is 54.6 Å². The maximum atomic E-state index is 9.27. The molecule has 3 rings (SSSR count). The van der Waals surface area contributed by atoms with E-state index in [2.05, 4.69) is 29.2 Å². The van der Waals surface area contributed by atoms with Crippen LogP contribution in [0.2, 0.25) is 0 Å². The molecule has 0 atom stereocenters. The summed E-state index contributed by atoms with van der Waals surface area (Å²) in [7, 11) is 0. The standard InChI is InChI=1S/C18H21NO/c20-18-9-7-15(8-10-18)4-3-12-19-13-11-16-5-1-2-6-17(16)14-19/h1-2,5-10,20H,3-4,11-14H2. The molecule has 1 aliphatic heterocycles. The molecule has 20 heavy (non-hydrogen) atoms. The van der Waals surface area contributed by atoms with Crippen molar-refractivity contribution in [2.45, 2.75) is 25.8 Å². The molecule has 2 aromatic carbocycles. The van der Waals surface area contributed by atoms with Crippen LogP contribution in [-0.2, 0) is 19.4 Å². The van der Waals surface area contributed by atoms with E-state index in [9.17, 15) is 5.11 Å². The highest BCUT2D eigenvalue weighted by Crippen LogP contribution is 2.19. The molecule has 0 saturated heterocycles. The fourth-order valence-electron chi connectivity index (χ4n) is 2.91. The number of aryl methyl sites for hydroxylation is 1. The van der Waals surface area contributed by atoms with Crippen LogP contribution in [0.5, 0.6) is 5.75 Å². The molecule has 0 amide bonds. The molecule has 0 aromatic heterocycles. The minimum atomic E-state index is 0.349. The number of aromatic hydroxyl groups is 1. The number of hydrogen-bond acceptors (Lipinski definition) is 2. The van der Waals surface area contributed by atoms with Crippen LogP contribution >= 0.6 is 0 Å². The van der Waals surface area contributed by atoms with E-state index < -0.39 is 0 Å². The molecular formula is C18H21NO. The smallest absolute Gasteiger partial charge is 0.115 e. The van der Waals surface area contributed by atoms with Crippen LogP contribution in [-0.4, -0.2) is 23.1 Å². The topological polar surface area (TPSA) is 23.5 Å². The molecule has 1 heterocycles. The zero-order valence-corrected chi connectivity index (χ0v) is 11.8. The summed E-state index contributed by atoms with van der Waals surface area (Å²) in [5.41, 5.74) is 4.31. The molecule has 2 heteroatoms. The SMILES string of the molecule is Oc1ccc(CCCN2CCc3ccccc3C2)cc1. The molecule has 0 saturated carbocycles. The Balaban J connectivity index is 1.49. The van der Waals surface area contributed by atoms with Crippen molar-refractivity contribution in [3.05, 3.63) is 65.2 Å². The lowest BCUT2D eigenvalue weighted by molar-refractivity contribution is 0.251. The summed E-state index contributed by atoms with van der Waals surface area (Å²) in [6.45, 7) is 3.41. The van der Waals surface area contributed by atoms with Gasteiger partial charge in [0.2, 0.25) is 0 Å². The van der Waals surface area contributed by atoms with Gasteiger partial charge in [0.15, 0.2) is 0 Å². The molecule has 0 unspecified atom stereocenters. The highest BCUT2D eigenvalue weighted by molar-refractivity contribution is 5.29. The molecule has 1 aliphatic rings. The fourth-order valence-corrected chi connectivity index (χ4v) is 2.91. The van der Waals surface area contributed by atoms with Crippen LogP contribution in [0.1, 0.15) is 23.1 Å². The third-order valence-corrected chi connectivity index (χ3v) is 4.09. The molecule has 2 nitrogen and oxygen atoms in total. The number of hydrogen-bond donors (Lipinski definition) is 1. The van der Waals surface area contributed by atoms with Crippen molar-refractivity contribution in [2.24, 2.45) is 0 Å². The van der Waals surface area contributed by atoms with Gasteiger partial charge in [0, 0.05) is 13.1 Å². The van der Waals surface area contributed by atoms with Gasteiger partial charge in [0.05, 0.1) is 0 Å². The quantitative estimate of drug-likeness (QED) is 0.918. The van der Waals surface area contributed by atoms with Gasteiger partial charge >= 0.3 is 0 Å². The number of nitrogens with zero attached hydrogens (tertiary/aromatic N) is 1. The Labute approximate surface area is 120 Å². The summed E-state index contributed by atoms with van der Waals surface area (Å²) in [6, 6.07) is 16.4. The third-order valence-electron chi connectivity index (χ3n) is 4.09. The lowest BCUT2D eigenvalue weighted by Gasteiger charge is -2.28. The van der Waals surface area contributed by atoms with E-state index in [4.69, 9.17) is 0 Å². The molecule has 0 bridgehead atoms. The number of phenolic OH excluding ortho intramolecular Hbond substituents is 1. The zero-order valence-electron chi connectivity index (χ0n) is 11.8. The summed E-state index contributed by atoms with van der Waals surface area (Å²) < 4.78 is 0. The predicted molar refractivity (Wildman–Crippen MR) is 81.9 cm³/mol. The number of phenols is 1. The fraction of sp³-hybridized carbons (Fsp3) is 0.333. The van der Waals surface area contributed by atoms with Crippen molar-refractivity contribution >= 4 is 0 Å². The van der Waals surface area contributed by atoms with Crippen molar-refractivity contribution in [2.75, 3.05) is 13.1 Å². The summed E-state index contributed by atoms with van der Waals surface area (Å²) in [5, 5.41) is 9.27. The number of benzene rings is 2. The Morgan fingerprint density at radius 2 is 1.70 bits per heavy atom. The summed E-state index contributed by atoms with van der Waals surface area (Å²) >= 11 is 0. The van der Waals surface area contributed by atoms with Gasteiger partial charge in [0.25, 0.3) is 0 Å². The zero-order chi connectivity index (χ0) is 13.8. The second kappa shape index (κ2) is 6.10. The highest BCUT2D eigenvalue weighted by Gasteiger charge is 2.14. The maximum absolute atomic E-state index is 9.27. The monoisotopic (exact) mass is 267 g/mol. The van der Waals surface area contributed by atoms with Gasteiger partial charge in [-0.25, -0.2) is 0 Å². The number of fused-ring (bicyclic) bond motifs is 1. The van der Waals surface area contributed by atoms with Crippen molar-refractivity contribution < 1.29 is 5.11 Å². The Morgan fingerprint density at radius 3 is 2.50 bits per heavy atom. The molecule has 0 aliphatic carbocycles. The van der Waals surface area contributed by atoms with E-state index in [1.807, 2.05) is 12.1 Å². The first-order valence-corrected chi connectivity index (χ1v) is 7.38. The molecule has 2 aromatic rings. The molecule has 0 radical (unpaired) electrons. The largest absolute Gasteiger partial charge is 0.508 e. The maximum Gasteiger partial charge on any atom is 0.115 e. The Bertz CT molecular complexity index is 562.